The summed E-state index contributed by atoms with van der Waals surface area (Å²) in [7, 11) is 0. The van der Waals surface area contributed by atoms with Gasteiger partial charge in [-0.2, -0.15) is 0 Å². The zero-order valence-corrected chi connectivity index (χ0v) is 14.2. The zero-order valence-electron chi connectivity index (χ0n) is 12.6. The lowest BCUT2D eigenvalue weighted by molar-refractivity contribution is 0.543. The topological polar surface area (TPSA) is 33.1 Å². The lowest BCUT2D eigenvalue weighted by Gasteiger charge is -2.02. The van der Waals surface area contributed by atoms with Gasteiger partial charge in [0.1, 0.15) is 0 Å². The monoisotopic (exact) mass is 339 g/mol. The second-order valence-electron chi connectivity index (χ2n) is 5.26. The van der Waals surface area contributed by atoms with Crippen LogP contribution in [0.3, 0.4) is 0 Å². The number of hydrogen-bond donors (Lipinski definition) is 1. The lowest BCUT2D eigenvalue weighted by Crippen LogP contribution is -1.93. The van der Waals surface area contributed by atoms with Crippen molar-refractivity contribution in [3.05, 3.63) is 65.7 Å². The summed E-state index contributed by atoms with van der Waals surface area (Å²) in [5.74, 6) is 0. The molecule has 0 unspecified atom stereocenters. The molecule has 2 aromatic carbocycles. The van der Waals surface area contributed by atoms with Crippen molar-refractivity contribution in [3.8, 4) is 21.7 Å². The highest BCUT2D eigenvalue weighted by atomic mass is 32.1. The van der Waals surface area contributed by atoms with E-state index in [1.807, 2.05) is 36.4 Å². The minimum atomic E-state index is 0.0770. The van der Waals surface area contributed by atoms with Gasteiger partial charge in [-0.15, -0.1) is 11.3 Å². The molecule has 0 fully saturated rings. The van der Waals surface area contributed by atoms with Crippen LogP contribution in [-0.2, 0) is 6.42 Å². The number of thiazole rings is 1. The normalized spacial score (nSPS) is 10.6. The number of aryl methyl sites for hydroxylation is 1. The first-order valence-electron chi connectivity index (χ1n) is 7.56. The Kier molecular flexibility index (Phi) is 5.16. The summed E-state index contributed by atoms with van der Waals surface area (Å²) in [5.41, 5.74) is 3.35. The van der Waals surface area contributed by atoms with Crippen molar-refractivity contribution in [1.29, 1.82) is 0 Å². The largest absolute Gasteiger partial charge is 0.502 e. The number of aliphatic hydroxyl groups excluding tert-OH is 1. The van der Waals surface area contributed by atoms with E-state index in [0.717, 1.165) is 29.1 Å². The van der Waals surface area contributed by atoms with Crippen LogP contribution in [0.15, 0.2) is 60.7 Å². The number of thiocarbonyl (C=S) groups is 1. The molecule has 0 saturated heterocycles. The van der Waals surface area contributed by atoms with Gasteiger partial charge in [-0.3, -0.25) is 0 Å². The van der Waals surface area contributed by atoms with Crippen LogP contribution in [-0.4, -0.2) is 15.1 Å². The van der Waals surface area contributed by atoms with Gasteiger partial charge in [-0.25, -0.2) is 4.98 Å². The number of nitrogens with zero attached hydrogens (tertiary/aromatic N) is 1. The highest BCUT2D eigenvalue weighted by Crippen LogP contribution is 2.37. The van der Waals surface area contributed by atoms with Crippen molar-refractivity contribution in [1.82, 2.24) is 4.98 Å². The maximum absolute atomic E-state index is 9.16. The Bertz CT molecular complexity index is 725. The van der Waals surface area contributed by atoms with Crippen LogP contribution >= 0.6 is 23.6 Å². The molecule has 116 valence electrons. The Balaban J connectivity index is 1.96. The summed E-state index contributed by atoms with van der Waals surface area (Å²) in [6.07, 6.45) is 2.21. The van der Waals surface area contributed by atoms with Crippen LogP contribution < -0.4 is 0 Å². The Morgan fingerprint density at radius 2 is 1.57 bits per heavy atom. The van der Waals surface area contributed by atoms with Crippen molar-refractivity contribution >= 4 is 28.6 Å². The van der Waals surface area contributed by atoms with E-state index >= 15 is 0 Å². The molecular formula is C19H17NOS2. The fourth-order valence-electron chi connectivity index (χ4n) is 2.44. The van der Waals surface area contributed by atoms with Gasteiger partial charge >= 0.3 is 0 Å². The summed E-state index contributed by atoms with van der Waals surface area (Å²) in [6, 6.07) is 20.6. The molecule has 3 rings (SSSR count). The molecule has 1 aromatic heterocycles. The van der Waals surface area contributed by atoms with Gasteiger partial charge in [0, 0.05) is 12.0 Å². The molecule has 0 saturated carbocycles. The highest BCUT2D eigenvalue weighted by molar-refractivity contribution is 7.80. The molecule has 0 atom stereocenters. The molecule has 0 aliphatic heterocycles. The number of benzene rings is 2. The summed E-state index contributed by atoms with van der Waals surface area (Å²) in [5, 5.41) is 10.3. The van der Waals surface area contributed by atoms with Gasteiger partial charge in [0.25, 0.3) is 0 Å². The summed E-state index contributed by atoms with van der Waals surface area (Å²) >= 11 is 6.46. The minimum Gasteiger partial charge on any atom is -0.502 e. The quantitative estimate of drug-likeness (QED) is 0.586. The first-order valence-corrected chi connectivity index (χ1v) is 8.79. The van der Waals surface area contributed by atoms with Crippen LogP contribution in [0.2, 0.25) is 0 Å². The maximum atomic E-state index is 9.16. The van der Waals surface area contributed by atoms with Crippen molar-refractivity contribution in [3.63, 3.8) is 0 Å². The van der Waals surface area contributed by atoms with E-state index in [9.17, 15) is 0 Å². The van der Waals surface area contributed by atoms with E-state index in [4.69, 9.17) is 22.3 Å². The van der Waals surface area contributed by atoms with Gasteiger partial charge < -0.3 is 5.11 Å². The minimum absolute atomic E-state index is 0.0770. The van der Waals surface area contributed by atoms with Crippen molar-refractivity contribution in [2.24, 2.45) is 0 Å². The number of aromatic nitrogens is 1. The molecule has 4 heteroatoms. The molecule has 1 heterocycles. The molecule has 3 aromatic rings. The molecule has 2 nitrogen and oxygen atoms in total. The third-order valence-electron chi connectivity index (χ3n) is 3.54. The molecule has 1 N–H and O–H groups in total. The Labute approximate surface area is 145 Å². The number of aliphatic hydroxyl groups is 1. The maximum Gasteiger partial charge on any atom is 0.156 e. The van der Waals surface area contributed by atoms with E-state index in [1.54, 1.807) is 11.3 Å². The molecule has 0 bridgehead atoms. The summed E-state index contributed by atoms with van der Waals surface area (Å²) in [4.78, 5) is 6.04. The van der Waals surface area contributed by atoms with Crippen molar-refractivity contribution in [2.45, 2.75) is 19.3 Å². The van der Waals surface area contributed by atoms with Gasteiger partial charge in [0.2, 0.25) is 0 Å². The average molecular weight is 339 g/mol. The van der Waals surface area contributed by atoms with E-state index < -0.39 is 0 Å². The molecule has 0 aliphatic rings. The predicted octanol–water partition coefficient (Wildman–Crippen LogP) is 5.69. The van der Waals surface area contributed by atoms with Gasteiger partial charge in [0.15, 0.2) is 5.05 Å². The van der Waals surface area contributed by atoms with Crippen molar-refractivity contribution < 1.29 is 5.11 Å². The predicted molar refractivity (Wildman–Crippen MR) is 101 cm³/mol. The first-order chi connectivity index (χ1) is 11.2. The fraction of sp³-hybridized carbons (Fsp3) is 0.158. The Morgan fingerprint density at radius 1 is 0.957 bits per heavy atom. The van der Waals surface area contributed by atoms with Crippen LogP contribution in [0.5, 0.6) is 0 Å². The first kappa shape index (κ1) is 15.8. The molecule has 23 heavy (non-hydrogen) atoms. The average Bonchev–Trinajstić information content (AvgIpc) is 3.00. The van der Waals surface area contributed by atoms with Crippen LogP contribution in [0, 0.1) is 0 Å². The van der Waals surface area contributed by atoms with E-state index in [0.29, 0.717) is 6.42 Å². The Hall–Kier alpha value is -2.04. The van der Waals surface area contributed by atoms with E-state index in [1.165, 1.54) is 10.4 Å². The Morgan fingerprint density at radius 3 is 2.17 bits per heavy atom. The third kappa shape index (κ3) is 4.03. The highest BCUT2D eigenvalue weighted by Gasteiger charge is 2.14. The molecule has 0 aliphatic carbocycles. The number of rotatable bonds is 6. The van der Waals surface area contributed by atoms with Gasteiger partial charge in [0.05, 0.1) is 15.6 Å². The second kappa shape index (κ2) is 7.49. The smallest absolute Gasteiger partial charge is 0.156 e. The van der Waals surface area contributed by atoms with Crippen LogP contribution in [0.25, 0.3) is 21.7 Å². The van der Waals surface area contributed by atoms with Gasteiger partial charge in [-0.1, -0.05) is 60.7 Å². The summed E-state index contributed by atoms with van der Waals surface area (Å²) in [6.45, 7) is 0. The number of hydrogen-bond acceptors (Lipinski definition) is 3. The molecular weight excluding hydrogens is 322 g/mol. The standard InChI is InChI=1S/C19H17NOS2/c21-17(22)13-7-12-16-20-18(14-8-3-1-4-9-14)19(23-16)15-10-5-2-6-11-15/h1-6,8-11H,7,12-13H2,(H,21,22). The van der Waals surface area contributed by atoms with Crippen LogP contribution in [0.4, 0.5) is 0 Å². The summed E-state index contributed by atoms with van der Waals surface area (Å²) < 4.78 is 0. The van der Waals surface area contributed by atoms with Crippen molar-refractivity contribution in [2.75, 3.05) is 0 Å². The van der Waals surface area contributed by atoms with E-state index in [-0.39, 0.29) is 5.05 Å². The lowest BCUT2D eigenvalue weighted by atomic mass is 10.1. The van der Waals surface area contributed by atoms with Crippen LogP contribution in [0.1, 0.15) is 17.8 Å². The molecule has 0 radical (unpaired) electrons. The second-order valence-corrected chi connectivity index (χ2v) is 6.82. The van der Waals surface area contributed by atoms with Gasteiger partial charge in [-0.05, 0) is 30.6 Å². The fourth-order valence-corrected chi connectivity index (χ4v) is 3.72. The third-order valence-corrected chi connectivity index (χ3v) is 4.90. The molecule has 0 amide bonds. The molecule has 0 spiro atoms. The zero-order chi connectivity index (χ0) is 16.1. The SMILES string of the molecule is OC(=S)CCCc1nc(-c2ccccc2)c(-c2ccccc2)s1. The van der Waals surface area contributed by atoms with E-state index in [2.05, 4.69) is 24.3 Å².